The second kappa shape index (κ2) is 6.22. The maximum absolute atomic E-state index is 12.1. The number of aryl methyl sites for hydroxylation is 1. The molecule has 120 valence electrons. The van der Waals surface area contributed by atoms with E-state index in [1.807, 2.05) is 25.1 Å². The van der Waals surface area contributed by atoms with Gasteiger partial charge in [-0.1, -0.05) is 24.9 Å². The van der Waals surface area contributed by atoms with Crippen LogP contribution in [0.25, 0.3) is 10.9 Å². The average molecular weight is 341 g/mol. The molecule has 3 rings (SSSR count). The van der Waals surface area contributed by atoms with Gasteiger partial charge in [0.25, 0.3) is 0 Å². The molecule has 0 saturated heterocycles. The van der Waals surface area contributed by atoms with E-state index in [4.69, 9.17) is 11.6 Å². The number of sulfonamides is 1. The normalized spacial score (nSPS) is 18.5. The predicted molar refractivity (Wildman–Crippen MR) is 91.0 cm³/mol. The molecule has 0 amide bonds. The minimum Gasteiger partial charge on any atom is -0.358 e. The molecule has 0 fully saturated rings. The Kier molecular flexibility index (Phi) is 4.48. The van der Waals surface area contributed by atoms with Gasteiger partial charge in [-0.05, 0) is 49.4 Å². The monoisotopic (exact) mass is 340 g/mol. The number of unbranched alkanes of at least 4 members (excludes halogenated alkanes) is 1. The largest absolute Gasteiger partial charge is 0.358 e. The van der Waals surface area contributed by atoms with Gasteiger partial charge in [0.05, 0.1) is 5.75 Å². The number of nitrogens with one attached hydrogen (secondary N) is 2. The first-order valence-electron chi connectivity index (χ1n) is 7.77. The summed E-state index contributed by atoms with van der Waals surface area (Å²) >= 11 is 6.09. The van der Waals surface area contributed by atoms with E-state index in [2.05, 4.69) is 9.71 Å². The summed E-state index contributed by atoms with van der Waals surface area (Å²) in [6.45, 7) is 2.00. The van der Waals surface area contributed by atoms with E-state index in [1.165, 1.54) is 11.3 Å². The third-order valence-corrected chi connectivity index (χ3v) is 6.02. The van der Waals surface area contributed by atoms with Gasteiger partial charge in [0.15, 0.2) is 0 Å². The van der Waals surface area contributed by atoms with Gasteiger partial charge in [0.1, 0.15) is 0 Å². The van der Waals surface area contributed by atoms with Crippen LogP contribution >= 0.6 is 11.6 Å². The van der Waals surface area contributed by atoms with Crippen molar-refractivity contribution < 1.29 is 8.42 Å². The Bertz CT molecular complexity index is 783. The molecule has 0 spiro atoms. The Morgan fingerprint density at radius 2 is 2.23 bits per heavy atom. The van der Waals surface area contributed by atoms with Crippen LogP contribution in [0.15, 0.2) is 18.2 Å². The summed E-state index contributed by atoms with van der Waals surface area (Å²) in [4.78, 5) is 3.43. The highest BCUT2D eigenvalue weighted by Crippen LogP contribution is 2.31. The minimum atomic E-state index is -3.18. The van der Waals surface area contributed by atoms with Crippen LogP contribution in [0, 0.1) is 0 Å². The molecule has 0 bridgehead atoms. The van der Waals surface area contributed by atoms with Crippen molar-refractivity contribution in [3.8, 4) is 0 Å². The second-order valence-electron chi connectivity index (χ2n) is 6.00. The third-order valence-electron chi connectivity index (χ3n) is 4.26. The van der Waals surface area contributed by atoms with Crippen LogP contribution in [-0.2, 0) is 22.9 Å². The molecule has 1 heterocycles. The van der Waals surface area contributed by atoms with E-state index in [9.17, 15) is 8.42 Å². The Morgan fingerprint density at radius 1 is 1.41 bits per heavy atom. The topological polar surface area (TPSA) is 62.0 Å². The number of H-pyrrole nitrogens is 1. The van der Waals surface area contributed by atoms with E-state index >= 15 is 0 Å². The summed E-state index contributed by atoms with van der Waals surface area (Å²) in [7, 11) is -3.18. The molecular formula is C16H21ClN2O2S. The molecule has 1 unspecified atom stereocenters. The molecule has 0 aliphatic heterocycles. The molecule has 4 nitrogen and oxygen atoms in total. The number of aromatic amines is 1. The zero-order chi connectivity index (χ0) is 15.7. The molecule has 2 aromatic rings. The Hall–Kier alpha value is -1.04. The molecule has 1 aromatic carbocycles. The number of halogens is 1. The number of aromatic nitrogens is 1. The highest BCUT2D eigenvalue weighted by Gasteiger charge is 2.25. The first-order chi connectivity index (χ1) is 10.5. The maximum Gasteiger partial charge on any atom is 0.211 e. The van der Waals surface area contributed by atoms with Crippen LogP contribution in [0.1, 0.15) is 37.4 Å². The average Bonchev–Trinajstić information content (AvgIpc) is 2.82. The molecule has 2 N–H and O–H groups in total. The van der Waals surface area contributed by atoms with Crippen LogP contribution in [0.4, 0.5) is 0 Å². The molecule has 1 aliphatic carbocycles. The summed E-state index contributed by atoms with van der Waals surface area (Å²) in [5.74, 6) is 0.215. The van der Waals surface area contributed by atoms with Gasteiger partial charge < -0.3 is 4.98 Å². The van der Waals surface area contributed by atoms with Gasteiger partial charge in [-0.2, -0.15) is 0 Å². The van der Waals surface area contributed by atoms with Crippen LogP contribution in [0.5, 0.6) is 0 Å². The van der Waals surface area contributed by atoms with E-state index in [-0.39, 0.29) is 11.8 Å². The van der Waals surface area contributed by atoms with Crippen molar-refractivity contribution in [3.63, 3.8) is 0 Å². The van der Waals surface area contributed by atoms with Crippen molar-refractivity contribution in [2.45, 2.75) is 45.1 Å². The second-order valence-corrected chi connectivity index (χ2v) is 8.31. The lowest BCUT2D eigenvalue weighted by Crippen LogP contribution is -2.39. The van der Waals surface area contributed by atoms with Crippen LogP contribution < -0.4 is 4.72 Å². The quantitative estimate of drug-likeness (QED) is 0.876. The summed E-state index contributed by atoms with van der Waals surface area (Å²) in [5, 5.41) is 1.82. The van der Waals surface area contributed by atoms with Gasteiger partial charge >= 0.3 is 0 Å². The first-order valence-corrected chi connectivity index (χ1v) is 9.80. The highest BCUT2D eigenvalue weighted by atomic mass is 35.5. The molecular weight excluding hydrogens is 320 g/mol. The van der Waals surface area contributed by atoms with Gasteiger partial charge in [-0.15, -0.1) is 0 Å². The fraction of sp³-hybridized carbons (Fsp3) is 0.500. The van der Waals surface area contributed by atoms with E-state index in [1.54, 1.807) is 0 Å². The summed E-state index contributed by atoms with van der Waals surface area (Å²) in [6, 6.07) is 5.79. The molecule has 1 aromatic heterocycles. The zero-order valence-corrected chi connectivity index (χ0v) is 14.2. The summed E-state index contributed by atoms with van der Waals surface area (Å²) < 4.78 is 27.0. The molecule has 1 aliphatic rings. The van der Waals surface area contributed by atoms with Crippen LogP contribution in [0.3, 0.4) is 0 Å². The zero-order valence-electron chi connectivity index (χ0n) is 12.7. The van der Waals surface area contributed by atoms with Crippen molar-refractivity contribution in [3.05, 3.63) is 34.5 Å². The SMILES string of the molecule is CCCCS(=O)(=O)NC1CCc2[nH]c3ccc(Cl)cc3c2C1. The predicted octanol–water partition coefficient (Wildman–Crippen LogP) is 3.40. The number of rotatable bonds is 5. The highest BCUT2D eigenvalue weighted by molar-refractivity contribution is 7.89. The minimum absolute atomic E-state index is 0.0210. The van der Waals surface area contributed by atoms with Crippen molar-refractivity contribution in [2.75, 3.05) is 5.75 Å². The fourth-order valence-electron chi connectivity index (χ4n) is 3.14. The van der Waals surface area contributed by atoms with E-state index in [0.29, 0.717) is 11.4 Å². The van der Waals surface area contributed by atoms with Gasteiger partial charge in [0, 0.05) is 27.7 Å². The van der Waals surface area contributed by atoms with Crippen molar-refractivity contribution in [1.82, 2.24) is 9.71 Å². The molecule has 0 saturated carbocycles. The maximum atomic E-state index is 12.1. The first kappa shape index (κ1) is 15.8. The molecule has 22 heavy (non-hydrogen) atoms. The van der Waals surface area contributed by atoms with Gasteiger partial charge in [0.2, 0.25) is 10.0 Å². The van der Waals surface area contributed by atoms with Crippen LogP contribution in [0.2, 0.25) is 5.02 Å². The molecule has 1 atom stereocenters. The summed E-state index contributed by atoms with van der Waals surface area (Å²) in [5.41, 5.74) is 3.48. The van der Waals surface area contributed by atoms with E-state index in [0.717, 1.165) is 36.6 Å². The number of hydrogen-bond acceptors (Lipinski definition) is 2. The van der Waals surface area contributed by atoms with E-state index < -0.39 is 10.0 Å². The van der Waals surface area contributed by atoms with Gasteiger partial charge in [-0.25, -0.2) is 13.1 Å². The van der Waals surface area contributed by atoms with Crippen LogP contribution in [-0.4, -0.2) is 25.2 Å². The Balaban J connectivity index is 1.81. The Morgan fingerprint density at radius 3 is 3.00 bits per heavy atom. The fourth-order valence-corrected chi connectivity index (χ4v) is 4.80. The lowest BCUT2D eigenvalue weighted by Gasteiger charge is -2.23. The van der Waals surface area contributed by atoms with Crippen molar-refractivity contribution >= 4 is 32.5 Å². The lowest BCUT2D eigenvalue weighted by molar-refractivity contribution is 0.505. The molecule has 0 radical (unpaired) electrons. The lowest BCUT2D eigenvalue weighted by atomic mass is 9.92. The van der Waals surface area contributed by atoms with Gasteiger partial charge in [-0.3, -0.25) is 0 Å². The van der Waals surface area contributed by atoms with Crippen molar-refractivity contribution in [1.29, 1.82) is 0 Å². The summed E-state index contributed by atoms with van der Waals surface area (Å²) in [6.07, 6.45) is 4.01. The smallest absolute Gasteiger partial charge is 0.211 e. The standard InChI is InChI=1S/C16H21ClN2O2S/c1-2-3-8-22(20,21)19-12-5-7-16-14(10-12)13-9-11(17)4-6-15(13)18-16/h4,6,9,12,18-19H,2-3,5,7-8,10H2,1H3. The number of fused-ring (bicyclic) bond motifs is 3. The molecule has 6 heteroatoms. The Labute approximate surface area is 136 Å². The number of benzene rings is 1. The number of hydrogen-bond donors (Lipinski definition) is 2. The van der Waals surface area contributed by atoms with Crippen molar-refractivity contribution in [2.24, 2.45) is 0 Å². The third kappa shape index (κ3) is 3.31.